The zero-order chi connectivity index (χ0) is 13.1. The van der Waals surface area contributed by atoms with Gasteiger partial charge in [0.15, 0.2) is 0 Å². The summed E-state index contributed by atoms with van der Waals surface area (Å²) in [7, 11) is 0. The fourth-order valence-corrected chi connectivity index (χ4v) is 2.13. The first-order valence-electron chi connectivity index (χ1n) is 6.56. The van der Waals surface area contributed by atoms with Crippen LogP contribution in [-0.2, 0) is 0 Å². The van der Waals surface area contributed by atoms with Gasteiger partial charge in [-0.1, -0.05) is 6.07 Å². The average Bonchev–Trinajstić information content (AvgIpc) is 3.13. The maximum atomic E-state index is 9.17. The fourth-order valence-electron chi connectivity index (χ4n) is 2.13. The summed E-state index contributed by atoms with van der Waals surface area (Å²) in [5.41, 5.74) is 7.83. The normalized spacial score (nSPS) is 14.9. The van der Waals surface area contributed by atoms with Crippen molar-refractivity contribution in [2.45, 2.75) is 38.8 Å². The second-order valence-electron chi connectivity index (χ2n) is 5.00. The molecule has 1 aromatic carbocycles. The summed E-state index contributed by atoms with van der Waals surface area (Å²) in [4.78, 5) is 2.18. The maximum Gasteiger partial charge on any atom is 0.144 e. The van der Waals surface area contributed by atoms with Gasteiger partial charge in [0.1, 0.15) is 5.75 Å². The molecule has 0 aliphatic heterocycles. The Morgan fingerprint density at radius 3 is 2.72 bits per heavy atom. The molecule has 4 nitrogen and oxygen atoms in total. The molecular formula is C14H22N2O2. The fraction of sp³-hybridized carbons (Fsp3) is 0.571. The molecule has 0 unspecified atom stereocenters. The number of para-hydroxylation sites is 1. The van der Waals surface area contributed by atoms with Crippen molar-refractivity contribution < 1.29 is 9.84 Å². The van der Waals surface area contributed by atoms with Gasteiger partial charge < -0.3 is 20.5 Å². The van der Waals surface area contributed by atoms with Crippen LogP contribution in [0.3, 0.4) is 0 Å². The first-order valence-corrected chi connectivity index (χ1v) is 6.56. The summed E-state index contributed by atoms with van der Waals surface area (Å²) >= 11 is 0. The number of benzene rings is 1. The highest BCUT2D eigenvalue weighted by Crippen LogP contribution is 2.38. The van der Waals surface area contributed by atoms with Crippen LogP contribution in [0.2, 0.25) is 0 Å². The van der Waals surface area contributed by atoms with Crippen molar-refractivity contribution in [1.82, 2.24) is 0 Å². The van der Waals surface area contributed by atoms with E-state index in [0.29, 0.717) is 18.3 Å². The van der Waals surface area contributed by atoms with E-state index in [2.05, 4.69) is 4.90 Å². The molecule has 0 amide bonds. The topological polar surface area (TPSA) is 58.7 Å². The van der Waals surface area contributed by atoms with Gasteiger partial charge in [-0.15, -0.1) is 0 Å². The van der Waals surface area contributed by atoms with E-state index in [0.717, 1.165) is 11.4 Å². The highest BCUT2D eigenvalue weighted by Gasteiger charge is 2.30. The highest BCUT2D eigenvalue weighted by atomic mass is 16.5. The Kier molecular flexibility index (Phi) is 3.97. The van der Waals surface area contributed by atoms with Gasteiger partial charge in [0.25, 0.3) is 0 Å². The Morgan fingerprint density at radius 2 is 2.17 bits per heavy atom. The predicted molar refractivity (Wildman–Crippen MR) is 74.1 cm³/mol. The number of nitrogens with two attached hydrogens (primary N) is 1. The molecule has 0 spiro atoms. The SMILES string of the molecule is CC(C)Oc1cccc(N(CCO)C2CC2)c1N. The number of rotatable bonds is 6. The summed E-state index contributed by atoms with van der Waals surface area (Å²) < 4.78 is 5.70. The molecular weight excluding hydrogens is 228 g/mol. The summed E-state index contributed by atoms with van der Waals surface area (Å²) in [6.45, 7) is 4.74. The molecule has 100 valence electrons. The lowest BCUT2D eigenvalue weighted by atomic mass is 10.2. The van der Waals surface area contributed by atoms with Crippen LogP contribution >= 0.6 is 0 Å². The van der Waals surface area contributed by atoms with Crippen LogP contribution in [0.15, 0.2) is 18.2 Å². The molecule has 18 heavy (non-hydrogen) atoms. The van der Waals surface area contributed by atoms with Crippen molar-refractivity contribution in [3.63, 3.8) is 0 Å². The van der Waals surface area contributed by atoms with E-state index in [1.807, 2.05) is 32.0 Å². The summed E-state index contributed by atoms with van der Waals surface area (Å²) in [5, 5.41) is 9.17. The van der Waals surface area contributed by atoms with Crippen molar-refractivity contribution in [3.8, 4) is 5.75 Å². The number of aliphatic hydroxyl groups is 1. The Labute approximate surface area is 108 Å². The van der Waals surface area contributed by atoms with Gasteiger partial charge in [-0.2, -0.15) is 0 Å². The minimum absolute atomic E-state index is 0.106. The van der Waals surface area contributed by atoms with Crippen LogP contribution in [-0.4, -0.2) is 30.4 Å². The lowest BCUT2D eigenvalue weighted by molar-refractivity contribution is 0.244. The lowest BCUT2D eigenvalue weighted by Gasteiger charge is -2.26. The number of anilines is 2. The van der Waals surface area contributed by atoms with E-state index in [1.165, 1.54) is 12.8 Å². The largest absolute Gasteiger partial charge is 0.489 e. The molecule has 0 atom stereocenters. The van der Waals surface area contributed by atoms with Gasteiger partial charge >= 0.3 is 0 Å². The quantitative estimate of drug-likeness (QED) is 0.758. The third-order valence-electron chi connectivity index (χ3n) is 3.04. The number of aliphatic hydroxyl groups excluding tert-OH is 1. The Bertz CT molecular complexity index is 403. The van der Waals surface area contributed by atoms with Gasteiger partial charge in [0.2, 0.25) is 0 Å². The summed E-state index contributed by atoms with van der Waals surface area (Å²) in [6, 6.07) is 6.36. The molecule has 1 aliphatic rings. The molecule has 2 rings (SSSR count). The van der Waals surface area contributed by atoms with Crippen molar-refractivity contribution in [3.05, 3.63) is 18.2 Å². The van der Waals surface area contributed by atoms with Gasteiger partial charge in [-0.25, -0.2) is 0 Å². The van der Waals surface area contributed by atoms with Crippen LogP contribution < -0.4 is 15.4 Å². The van der Waals surface area contributed by atoms with Gasteiger partial charge in [0.05, 0.1) is 24.1 Å². The van der Waals surface area contributed by atoms with E-state index in [4.69, 9.17) is 15.6 Å². The van der Waals surface area contributed by atoms with E-state index in [-0.39, 0.29) is 12.7 Å². The Morgan fingerprint density at radius 1 is 1.44 bits per heavy atom. The monoisotopic (exact) mass is 250 g/mol. The van der Waals surface area contributed by atoms with Crippen LogP contribution in [0.25, 0.3) is 0 Å². The van der Waals surface area contributed by atoms with Crippen molar-refractivity contribution in [2.24, 2.45) is 0 Å². The minimum Gasteiger partial charge on any atom is -0.489 e. The Hall–Kier alpha value is -1.42. The van der Waals surface area contributed by atoms with Crippen LogP contribution in [0.1, 0.15) is 26.7 Å². The lowest BCUT2D eigenvalue weighted by Crippen LogP contribution is -2.29. The van der Waals surface area contributed by atoms with Crippen LogP contribution in [0.5, 0.6) is 5.75 Å². The standard InChI is InChI=1S/C14H22N2O2/c1-10(2)18-13-5-3-4-12(14(13)15)16(8-9-17)11-6-7-11/h3-5,10-11,17H,6-9,15H2,1-2H3. The van der Waals surface area contributed by atoms with Crippen molar-refractivity contribution >= 4 is 11.4 Å². The van der Waals surface area contributed by atoms with Crippen molar-refractivity contribution in [2.75, 3.05) is 23.8 Å². The third-order valence-corrected chi connectivity index (χ3v) is 3.04. The third kappa shape index (κ3) is 2.88. The first kappa shape index (κ1) is 13.0. The number of ether oxygens (including phenoxy) is 1. The molecule has 1 fully saturated rings. The molecule has 0 aromatic heterocycles. The van der Waals surface area contributed by atoms with Gasteiger partial charge in [-0.05, 0) is 38.8 Å². The molecule has 0 radical (unpaired) electrons. The molecule has 1 saturated carbocycles. The number of hydrogen-bond donors (Lipinski definition) is 2. The molecule has 0 heterocycles. The Balaban J connectivity index is 2.25. The van der Waals surface area contributed by atoms with Crippen LogP contribution in [0, 0.1) is 0 Å². The van der Waals surface area contributed by atoms with E-state index < -0.39 is 0 Å². The van der Waals surface area contributed by atoms with E-state index in [1.54, 1.807) is 0 Å². The smallest absolute Gasteiger partial charge is 0.144 e. The summed E-state index contributed by atoms with van der Waals surface area (Å²) in [5.74, 6) is 0.728. The van der Waals surface area contributed by atoms with Gasteiger partial charge in [0, 0.05) is 12.6 Å². The minimum atomic E-state index is 0.106. The molecule has 1 aliphatic carbocycles. The predicted octanol–water partition coefficient (Wildman–Crippen LogP) is 2.02. The molecule has 0 bridgehead atoms. The van der Waals surface area contributed by atoms with Crippen molar-refractivity contribution in [1.29, 1.82) is 0 Å². The highest BCUT2D eigenvalue weighted by molar-refractivity contribution is 5.74. The first-order chi connectivity index (χ1) is 8.63. The molecule has 1 aromatic rings. The maximum absolute atomic E-state index is 9.17. The molecule has 4 heteroatoms. The zero-order valence-electron chi connectivity index (χ0n) is 11.1. The molecule has 0 saturated heterocycles. The number of nitrogen functional groups attached to an aromatic ring is 1. The average molecular weight is 250 g/mol. The summed E-state index contributed by atoms with van der Waals surface area (Å²) in [6.07, 6.45) is 2.46. The second-order valence-corrected chi connectivity index (χ2v) is 5.00. The van der Waals surface area contributed by atoms with Crippen LogP contribution in [0.4, 0.5) is 11.4 Å². The van der Waals surface area contributed by atoms with E-state index >= 15 is 0 Å². The van der Waals surface area contributed by atoms with E-state index in [9.17, 15) is 0 Å². The molecule has 3 N–H and O–H groups in total. The second kappa shape index (κ2) is 5.48. The zero-order valence-corrected chi connectivity index (χ0v) is 11.1. The number of nitrogens with zero attached hydrogens (tertiary/aromatic N) is 1. The van der Waals surface area contributed by atoms with Gasteiger partial charge in [-0.3, -0.25) is 0 Å². The number of hydrogen-bond acceptors (Lipinski definition) is 4.